The fraction of sp³-hybridized carbons (Fsp3) is 0.714. The molecule has 0 bridgehead atoms. The lowest BCUT2D eigenvalue weighted by molar-refractivity contribution is 0.783. The molecule has 3 heteroatoms. The minimum Gasteiger partial charge on any atom is -0.158 e. The molecule has 0 nitrogen and oxygen atoms in total. The molecule has 2 fully saturated rings. The highest BCUT2D eigenvalue weighted by molar-refractivity contribution is 8.00. The van der Waals surface area contributed by atoms with Gasteiger partial charge in [-0.3, -0.25) is 0 Å². The molecule has 1 aromatic rings. The van der Waals surface area contributed by atoms with Gasteiger partial charge in [0.2, 0.25) is 0 Å². The fourth-order valence-electron chi connectivity index (χ4n) is 2.70. The molecule has 0 saturated carbocycles. The van der Waals surface area contributed by atoms with E-state index in [4.69, 9.17) is 0 Å². The maximum atomic E-state index is 2.39. The Labute approximate surface area is 117 Å². The van der Waals surface area contributed by atoms with E-state index in [9.17, 15) is 0 Å². The van der Waals surface area contributed by atoms with Gasteiger partial charge < -0.3 is 0 Å². The molecule has 0 radical (unpaired) electrons. The minimum absolute atomic E-state index is 0.919. The van der Waals surface area contributed by atoms with Gasteiger partial charge in [-0.05, 0) is 62.2 Å². The summed E-state index contributed by atoms with van der Waals surface area (Å²) in [4.78, 5) is 3.25. The molecule has 0 aliphatic carbocycles. The van der Waals surface area contributed by atoms with Crippen molar-refractivity contribution >= 4 is 34.9 Å². The molecule has 0 N–H and O–H groups in total. The van der Waals surface area contributed by atoms with Crippen molar-refractivity contribution in [3.63, 3.8) is 0 Å². The van der Waals surface area contributed by atoms with E-state index in [0.29, 0.717) is 0 Å². The first-order valence-corrected chi connectivity index (χ1v) is 9.62. The summed E-state index contributed by atoms with van der Waals surface area (Å²) in [6, 6.07) is 4.77. The Morgan fingerprint density at radius 1 is 0.882 bits per heavy atom. The van der Waals surface area contributed by atoms with Crippen LogP contribution in [0.3, 0.4) is 0 Å². The number of thiophene rings is 1. The van der Waals surface area contributed by atoms with Crippen LogP contribution in [-0.4, -0.2) is 22.0 Å². The predicted octanol–water partition coefficient (Wildman–Crippen LogP) is 4.62. The predicted molar refractivity (Wildman–Crippen MR) is 82.7 cm³/mol. The standard InChI is InChI=1S/C14H20S3/c1-3-11(15-7-1)9-13-5-6-14(17-13)10-12-4-2-8-16-12/h5-6,11-12H,1-4,7-10H2. The maximum Gasteiger partial charge on any atom is 0.00956 e. The summed E-state index contributed by atoms with van der Waals surface area (Å²) in [7, 11) is 0. The lowest BCUT2D eigenvalue weighted by Gasteiger charge is -2.06. The molecule has 3 rings (SSSR count). The summed E-state index contributed by atoms with van der Waals surface area (Å²) in [5, 5.41) is 1.84. The zero-order valence-electron chi connectivity index (χ0n) is 10.2. The van der Waals surface area contributed by atoms with Crippen LogP contribution in [0.5, 0.6) is 0 Å². The highest BCUT2D eigenvalue weighted by atomic mass is 32.2. The second-order valence-electron chi connectivity index (χ2n) is 5.05. The SMILES string of the molecule is c1cc(CC2CCCS2)sc1CC1CCCS1. The van der Waals surface area contributed by atoms with Gasteiger partial charge in [-0.15, -0.1) is 11.3 Å². The normalized spacial score (nSPS) is 28.9. The summed E-state index contributed by atoms with van der Waals surface area (Å²) >= 11 is 6.44. The van der Waals surface area contributed by atoms with Crippen LogP contribution < -0.4 is 0 Å². The Morgan fingerprint density at radius 3 is 1.82 bits per heavy atom. The number of hydrogen-bond acceptors (Lipinski definition) is 3. The van der Waals surface area contributed by atoms with Gasteiger partial charge in [0.05, 0.1) is 0 Å². The van der Waals surface area contributed by atoms with Crippen LogP contribution in [0.15, 0.2) is 12.1 Å². The Bertz CT molecular complexity index is 314. The van der Waals surface area contributed by atoms with Crippen LogP contribution in [0.2, 0.25) is 0 Å². The minimum atomic E-state index is 0.919. The third-order valence-corrected chi connectivity index (χ3v) is 7.55. The van der Waals surface area contributed by atoms with Gasteiger partial charge in [0.15, 0.2) is 0 Å². The first-order chi connectivity index (χ1) is 8.40. The summed E-state index contributed by atoms with van der Waals surface area (Å²) in [5.74, 6) is 2.78. The Morgan fingerprint density at radius 2 is 1.41 bits per heavy atom. The van der Waals surface area contributed by atoms with Crippen LogP contribution in [0, 0.1) is 0 Å². The van der Waals surface area contributed by atoms with E-state index in [2.05, 4.69) is 47.0 Å². The van der Waals surface area contributed by atoms with Crippen LogP contribution in [-0.2, 0) is 12.8 Å². The third kappa shape index (κ3) is 3.45. The molecule has 17 heavy (non-hydrogen) atoms. The topological polar surface area (TPSA) is 0 Å². The number of thioether (sulfide) groups is 2. The molecule has 2 saturated heterocycles. The highest BCUT2D eigenvalue weighted by Gasteiger charge is 2.19. The molecule has 0 amide bonds. The Hall–Kier alpha value is 0.400. The molecule has 2 unspecified atom stereocenters. The zero-order valence-corrected chi connectivity index (χ0v) is 12.6. The summed E-state index contributed by atoms with van der Waals surface area (Å²) in [5.41, 5.74) is 0. The van der Waals surface area contributed by atoms with E-state index in [1.165, 1.54) is 50.0 Å². The van der Waals surface area contributed by atoms with Crippen LogP contribution in [0.4, 0.5) is 0 Å². The van der Waals surface area contributed by atoms with Gasteiger partial charge >= 0.3 is 0 Å². The van der Waals surface area contributed by atoms with Crippen molar-refractivity contribution in [2.75, 3.05) is 11.5 Å². The number of hydrogen-bond donors (Lipinski definition) is 0. The van der Waals surface area contributed by atoms with E-state index in [-0.39, 0.29) is 0 Å². The van der Waals surface area contributed by atoms with E-state index in [1.807, 2.05) is 0 Å². The molecule has 3 heterocycles. The van der Waals surface area contributed by atoms with Gasteiger partial charge in [0.25, 0.3) is 0 Å². The molecule has 0 aromatic carbocycles. The lowest BCUT2D eigenvalue weighted by Crippen LogP contribution is -2.00. The first kappa shape index (κ1) is 12.4. The quantitative estimate of drug-likeness (QED) is 0.791. The Kier molecular flexibility index (Phi) is 4.41. The monoisotopic (exact) mass is 284 g/mol. The van der Waals surface area contributed by atoms with Crippen molar-refractivity contribution in [1.82, 2.24) is 0 Å². The molecule has 2 aliphatic heterocycles. The van der Waals surface area contributed by atoms with Gasteiger partial charge in [-0.25, -0.2) is 0 Å². The fourth-order valence-corrected chi connectivity index (χ4v) is 6.68. The molecule has 94 valence electrons. The van der Waals surface area contributed by atoms with Crippen molar-refractivity contribution < 1.29 is 0 Å². The zero-order chi connectivity index (χ0) is 11.5. The average Bonchev–Trinajstić information content (AvgIpc) is 3.02. The lowest BCUT2D eigenvalue weighted by atomic mass is 10.1. The van der Waals surface area contributed by atoms with E-state index >= 15 is 0 Å². The highest BCUT2D eigenvalue weighted by Crippen LogP contribution is 2.33. The van der Waals surface area contributed by atoms with E-state index in [0.717, 1.165) is 10.5 Å². The molecular weight excluding hydrogens is 264 g/mol. The molecule has 2 atom stereocenters. The Balaban J connectivity index is 1.54. The molecule has 0 spiro atoms. The third-order valence-electron chi connectivity index (χ3n) is 3.62. The molecule has 1 aromatic heterocycles. The summed E-state index contributed by atoms with van der Waals surface area (Å²) < 4.78 is 0. The average molecular weight is 285 g/mol. The van der Waals surface area contributed by atoms with Gasteiger partial charge in [0.1, 0.15) is 0 Å². The van der Waals surface area contributed by atoms with Crippen LogP contribution >= 0.6 is 34.9 Å². The second-order valence-corrected chi connectivity index (χ2v) is 9.12. The molecular formula is C14H20S3. The summed E-state index contributed by atoms with van der Waals surface area (Å²) in [6.07, 6.45) is 8.41. The maximum absolute atomic E-state index is 2.39. The van der Waals surface area contributed by atoms with Crippen LogP contribution in [0.25, 0.3) is 0 Å². The van der Waals surface area contributed by atoms with Crippen molar-refractivity contribution in [3.05, 3.63) is 21.9 Å². The van der Waals surface area contributed by atoms with Crippen LogP contribution in [0.1, 0.15) is 35.4 Å². The van der Waals surface area contributed by atoms with Crippen molar-refractivity contribution in [3.8, 4) is 0 Å². The first-order valence-electron chi connectivity index (χ1n) is 6.71. The number of rotatable bonds is 4. The van der Waals surface area contributed by atoms with Gasteiger partial charge in [-0.1, -0.05) is 0 Å². The van der Waals surface area contributed by atoms with E-state index in [1.54, 1.807) is 9.75 Å². The second kappa shape index (κ2) is 6.03. The smallest absolute Gasteiger partial charge is 0.00956 e. The van der Waals surface area contributed by atoms with Crippen molar-refractivity contribution in [1.29, 1.82) is 0 Å². The van der Waals surface area contributed by atoms with Gasteiger partial charge in [-0.2, -0.15) is 23.5 Å². The van der Waals surface area contributed by atoms with E-state index < -0.39 is 0 Å². The van der Waals surface area contributed by atoms with Crippen molar-refractivity contribution in [2.24, 2.45) is 0 Å². The van der Waals surface area contributed by atoms with Gasteiger partial charge in [0, 0.05) is 20.3 Å². The summed E-state index contributed by atoms with van der Waals surface area (Å²) in [6.45, 7) is 0. The largest absolute Gasteiger partial charge is 0.158 e. The van der Waals surface area contributed by atoms with Crippen molar-refractivity contribution in [2.45, 2.75) is 49.0 Å². The molecule has 2 aliphatic rings.